The van der Waals surface area contributed by atoms with Crippen molar-refractivity contribution in [1.29, 1.82) is 0 Å². The number of tetrazole rings is 1. The van der Waals surface area contributed by atoms with Crippen LogP contribution in [-0.4, -0.2) is 59.7 Å². The van der Waals surface area contributed by atoms with Gasteiger partial charge in [-0.2, -0.15) is 0 Å². The van der Waals surface area contributed by atoms with E-state index in [0.717, 1.165) is 53.4 Å². The summed E-state index contributed by atoms with van der Waals surface area (Å²) in [5.41, 5.74) is 4.73. The molecule has 0 bridgehead atoms. The Kier molecular flexibility index (Phi) is 9.26. The van der Waals surface area contributed by atoms with Crippen molar-refractivity contribution in [3.63, 3.8) is 0 Å². The van der Waals surface area contributed by atoms with Crippen molar-refractivity contribution >= 4 is 17.7 Å². The van der Waals surface area contributed by atoms with Crippen LogP contribution in [0.3, 0.4) is 0 Å². The first kappa shape index (κ1) is 26.3. The van der Waals surface area contributed by atoms with Crippen molar-refractivity contribution in [2.24, 2.45) is 0 Å². The lowest BCUT2D eigenvalue weighted by molar-refractivity contribution is -0.136. The number of methoxy groups -OCH3 is 1. The number of aromatic nitrogens is 4. The van der Waals surface area contributed by atoms with Gasteiger partial charge in [0.1, 0.15) is 12.4 Å². The second kappa shape index (κ2) is 13.0. The van der Waals surface area contributed by atoms with E-state index in [-0.39, 0.29) is 5.97 Å². The van der Waals surface area contributed by atoms with Gasteiger partial charge >= 0.3 is 5.97 Å². The monoisotopic (exact) mass is 505 g/mol. The molecule has 4 rings (SSSR count). The molecule has 1 aromatic heterocycles. The standard InChI is InChI=1S/C28H35N5O4/c1-4-6-15-36-16-17-37-25-10-7-21(8-11-25)22-9-12-26-24(18-22)19-23(28(34)35-3)13-14-32(26)20-27-29-30-31-33(27)5-2/h7-12,18-19H,4-6,13-17,20H2,1-3H3. The number of carbonyl (C=O) groups excluding carboxylic acids is 1. The Morgan fingerprint density at radius 2 is 1.84 bits per heavy atom. The molecule has 0 saturated heterocycles. The van der Waals surface area contributed by atoms with Gasteiger partial charge in [-0.15, -0.1) is 5.10 Å². The lowest BCUT2D eigenvalue weighted by Crippen LogP contribution is -2.26. The fraction of sp³-hybridized carbons (Fsp3) is 0.429. The zero-order valence-electron chi connectivity index (χ0n) is 21.9. The van der Waals surface area contributed by atoms with Gasteiger partial charge in [-0.25, -0.2) is 9.48 Å². The summed E-state index contributed by atoms with van der Waals surface area (Å²) in [4.78, 5) is 14.6. The Labute approximate surface area is 218 Å². The SMILES string of the molecule is CCCCOCCOc1ccc(-c2ccc3c(c2)C=C(C(=O)OC)CCN3Cc2nnnn2CC)cc1. The van der Waals surface area contributed by atoms with Crippen LogP contribution in [0.25, 0.3) is 17.2 Å². The van der Waals surface area contributed by atoms with Crippen molar-refractivity contribution in [3.05, 3.63) is 59.4 Å². The molecule has 1 aliphatic heterocycles. The molecule has 0 saturated carbocycles. The number of hydrogen-bond donors (Lipinski definition) is 0. The highest BCUT2D eigenvalue weighted by Gasteiger charge is 2.22. The molecule has 9 heteroatoms. The maximum atomic E-state index is 12.4. The highest BCUT2D eigenvalue weighted by atomic mass is 16.5. The molecule has 0 unspecified atom stereocenters. The summed E-state index contributed by atoms with van der Waals surface area (Å²) < 4.78 is 18.2. The Hall–Kier alpha value is -3.72. The maximum absolute atomic E-state index is 12.4. The maximum Gasteiger partial charge on any atom is 0.333 e. The van der Waals surface area contributed by atoms with Crippen LogP contribution in [-0.2, 0) is 27.4 Å². The van der Waals surface area contributed by atoms with Gasteiger partial charge in [0.25, 0.3) is 0 Å². The average Bonchev–Trinajstić information content (AvgIpc) is 3.31. The topological polar surface area (TPSA) is 91.6 Å². The molecule has 196 valence electrons. The number of anilines is 1. The second-order valence-electron chi connectivity index (χ2n) is 8.86. The van der Waals surface area contributed by atoms with Crippen LogP contribution in [0.2, 0.25) is 0 Å². The molecule has 2 heterocycles. The Morgan fingerprint density at radius 3 is 2.59 bits per heavy atom. The van der Waals surface area contributed by atoms with E-state index < -0.39 is 0 Å². The zero-order chi connectivity index (χ0) is 26.0. The van der Waals surface area contributed by atoms with E-state index >= 15 is 0 Å². The van der Waals surface area contributed by atoms with Crippen LogP contribution in [0.15, 0.2) is 48.0 Å². The first-order chi connectivity index (χ1) is 18.1. The highest BCUT2D eigenvalue weighted by Crippen LogP contribution is 2.33. The number of unbranched alkanes of at least 4 members (excludes halogenated alkanes) is 1. The molecule has 2 aromatic carbocycles. The highest BCUT2D eigenvalue weighted by molar-refractivity contribution is 5.96. The Morgan fingerprint density at radius 1 is 1.03 bits per heavy atom. The Bertz CT molecular complexity index is 1210. The van der Waals surface area contributed by atoms with Crippen LogP contribution >= 0.6 is 0 Å². The summed E-state index contributed by atoms with van der Waals surface area (Å²) in [5, 5.41) is 12.1. The number of carbonyl (C=O) groups is 1. The summed E-state index contributed by atoms with van der Waals surface area (Å²) >= 11 is 0. The molecular weight excluding hydrogens is 470 g/mol. The summed E-state index contributed by atoms with van der Waals surface area (Å²) in [5.74, 6) is 1.28. The molecule has 0 fully saturated rings. The first-order valence-corrected chi connectivity index (χ1v) is 12.9. The van der Waals surface area contributed by atoms with Crippen molar-refractivity contribution < 1.29 is 19.0 Å². The molecule has 0 atom stereocenters. The predicted octanol–water partition coefficient (Wildman–Crippen LogP) is 4.52. The zero-order valence-corrected chi connectivity index (χ0v) is 21.9. The Balaban J connectivity index is 1.53. The number of aryl methyl sites for hydroxylation is 1. The van der Waals surface area contributed by atoms with Gasteiger partial charge < -0.3 is 19.1 Å². The van der Waals surface area contributed by atoms with Crippen molar-refractivity contribution in [1.82, 2.24) is 20.2 Å². The molecular formula is C28H35N5O4. The molecule has 1 aliphatic rings. The molecule has 0 aliphatic carbocycles. The quantitative estimate of drug-likeness (QED) is 0.262. The fourth-order valence-electron chi connectivity index (χ4n) is 4.29. The van der Waals surface area contributed by atoms with E-state index in [1.807, 2.05) is 37.3 Å². The largest absolute Gasteiger partial charge is 0.491 e. The van der Waals surface area contributed by atoms with Crippen LogP contribution in [0.5, 0.6) is 5.75 Å². The van der Waals surface area contributed by atoms with E-state index in [9.17, 15) is 4.79 Å². The van der Waals surface area contributed by atoms with E-state index in [4.69, 9.17) is 14.2 Å². The average molecular weight is 506 g/mol. The van der Waals surface area contributed by atoms with Gasteiger partial charge in [-0.1, -0.05) is 31.5 Å². The molecule has 37 heavy (non-hydrogen) atoms. The number of esters is 1. The third kappa shape index (κ3) is 6.74. The second-order valence-corrected chi connectivity index (χ2v) is 8.86. The number of nitrogens with zero attached hydrogens (tertiary/aromatic N) is 5. The number of hydrogen-bond acceptors (Lipinski definition) is 8. The van der Waals surface area contributed by atoms with Crippen molar-refractivity contribution in [2.75, 3.05) is 38.4 Å². The number of benzene rings is 2. The van der Waals surface area contributed by atoms with Crippen LogP contribution in [0, 0.1) is 0 Å². The normalized spacial score (nSPS) is 13.1. The molecule has 0 spiro atoms. The summed E-state index contributed by atoms with van der Waals surface area (Å²) in [6.45, 7) is 7.94. The molecule has 9 nitrogen and oxygen atoms in total. The van der Waals surface area contributed by atoms with Gasteiger partial charge in [0.2, 0.25) is 0 Å². The van der Waals surface area contributed by atoms with E-state index in [0.29, 0.717) is 44.8 Å². The van der Waals surface area contributed by atoms with Crippen LogP contribution in [0.1, 0.15) is 44.5 Å². The lowest BCUT2D eigenvalue weighted by atomic mass is 10.00. The minimum atomic E-state index is -0.309. The van der Waals surface area contributed by atoms with Gasteiger partial charge in [0.15, 0.2) is 5.82 Å². The first-order valence-electron chi connectivity index (χ1n) is 12.9. The molecule has 0 amide bonds. The third-order valence-electron chi connectivity index (χ3n) is 6.36. The predicted molar refractivity (Wildman–Crippen MR) is 142 cm³/mol. The van der Waals surface area contributed by atoms with Gasteiger partial charge in [-0.3, -0.25) is 0 Å². The fourth-order valence-corrected chi connectivity index (χ4v) is 4.29. The van der Waals surface area contributed by atoms with E-state index in [2.05, 4.69) is 45.5 Å². The van der Waals surface area contributed by atoms with Gasteiger partial charge in [0.05, 0.1) is 20.3 Å². The summed E-state index contributed by atoms with van der Waals surface area (Å²) in [6, 6.07) is 14.3. The van der Waals surface area contributed by atoms with Crippen molar-refractivity contribution in [2.45, 2.75) is 46.2 Å². The third-order valence-corrected chi connectivity index (χ3v) is 6.36. The van der Waals surface area contributed by atoms with E-state index in [1.165, 1.54) is 7.11 Å². The van der Waals surface area contributed by atoms with Gasteiger partial charge in [0, 0.05) is 31.0 Å². The molecule has 0 radical (unpaired) electrons. The minimum absolute atomic E-state index is 0.309. The summed E-state index contributed by atoms with van der Waals surface area (Å²) in [6.07, 6.45) is 4.70. The lowest BCUT2D eigenvalue weighted by Gasteiger charge is -2.24. The van der Waals surface area contributed by atoms with Crippen LogP contribution in [0.4, 0.5) is 5.69 Å². The van der Waals surface area contributed by atoms with Crippen molar-refractivity contribution in [3.8, 4) is 16.9 Å². The van der Waals surface area contributed by atoms with Crippen LogP contribution < -0.4 is 9.64 Å². The number of rotatable bonds is 12. The number of fused-ring (bicyclic) bond motifs is 1. The summed E-state index contributed by atoms with van der Waals surface area (Å²) in [7, 11) is 1.42. The molecule has 3 aromatic rings. The minimum Gasteiger partial charge on any atom is -0.491 e. The van der Waals surface area contributed by atoms with E-state index in [1.54, 1.807) is 4.68 Å². The van der Waals surface area contributed by atoms with Gasteiger partial charge in [-0.05, 0) is 77.2 Å². The number of ether oxygens (including phenoxy) is 3. The smallest absolute Gasteiger partial charge is 0.333 e. The molecule has 0 N–H and O–H groups in total.